The number of thioether (sulfide) groups is 1. The normalized spacial score (nSPS) is 19.6. The summed E-state index contributed by atoms with van der Waals surface area (Å²) in [7, 11) is -3.86. The van der Waals surface area contributed by atoms with Gasteiger partial charge in [-0.05, 0) is 31.5 Å². The lowest BCUT2D eigenvalue weighted by molar-refractivity contribution is -0.126. The van der Waals surface area contributed by atoms with E-state index in [1.807, 2.05) is 37.3 Å². The van der Waals surface area contributed by atoms with Crippen LogP contribution >= 0.6 is 11.8 Å². The van der Waals surface area contributed by atoms with Gasteiger partial charge in [-0.3, -0.25) is 9.69 Å². The van der Waals surface area contributed by atoms with Crippen molar-refractivity contribution < 1.29 is 13.2 Å². The molecule has 0 N–H and O–H groups in total. The van der Waals surface area contributed by atoms with Crippen molar-refractivity contribution in [3.63, 3.8) is 0 Å². The van der Waals surface area contributed by atoms with Gasteiger partial charge in [0.15, 0.2) is 5.17 Å². The first-order valence-corrected chi connectivity index (χ1v) is 10.2. The van der Waals surface area contributed by atoms with Crippen molar-refractivity contribution in [1.29, 1.82) is 0 Å². The van der Waals surface area contributed by atoms with Gasteiger partial charge >= 0.3 is 0 Å². The highest BCUT2D eigenvalue weighted by Gasteiger charge is 2.39. The van der Waals surface area contributed by atoms with Gasteiger partial charge in [-0.2, -0.15) is 8.42 Å². The number of hydrogen-bond acceptors (Lipinski definition) is 4. The maximum absolute atomic E-state index is 12.6. The number of rotatable bonds is 4. The van der Waals surface area contributed by atoms with Gasteiger partial charge in [0.1, 0.15) is 5.25 Å². The van der Waals surface area contributed by atoms with Crippen LogP contribution in [0.15, 0.2) is 63.9 Å². The van der Waals surface area contributed by atoms with E-state index in [0.717, 1.165) is 11.1 Å². The Labute approximate surface area is 151 Å². The van der Waals surface area contributed by atoms with Crippen LogP contribution in [0, 0.1) is 6.92 Å². The molecule has 7 heteroatoms. The second-order valence-corrected chi connectivity index (χ2v) is 8.33. The predicted octanol–water partition coefficient (Wildman–Crippen LogP) is 3.38. The molecule has 0 saturated carbocycles. The zero-order valence-corrected chi connectivity index (χ0v) is 15.5. The summed E-state index contributed by atoms with van der Waals surface area (Å²) in [6.45, 7) is 4.06. The minimum absolute atomic E-state index is 0.123. The van der Waals surface area contributed by atoms with Crippen molar-refractivity contribution in [3.05, 3.63) is 65.7 Å². The Balaban J connectivity index is 1.96. The summed E-state index contributed by atoms with van der Waals surface area (Å²) in [6.07, 6.45) is 0. The zero-order chi connectivity index (χ0) is 18.0. The number of hydrogen-bond donors (Lipinski definition) is 0. The van der Waals surface area contributed by atoms with Gasteiger partial charge in [-0.15, -0.1) is 4.40 Å². The summed E-state index contributed by atoms with van der Waals surface area (Å²) in [6, 6.07) is 15.8. The molecule has 25 heavy (non-hydrogen) atoms. The Kier molecular flexibility index (Phi) is 4.96. The Morgan fingerprint density at radius 1 is 1.08 bits per heavy atom. The standard InChI is InChI=1S/C18H18N2O3S2/c1-3-20-17(21)16(14-7-5-4-6-8-14)24-18(20)19-25(22,23)15-11-9-13(2)10-12-15/h4-12,16H,3H2,1-2H3/t16-/m1/s1. The summed E-state index contributed by atoms with van der Waals surface area (Å²) in [4.78, 5) is 14.2. The summed E-state index contributed by atoms with van der Waals surface area (Å²) >= 11 is 1.18. The van der Waals surface area contributed by atoms with Crippen LogP contribution in [0.5, 0.6) is 0 Å². The Hall–Kier alpha value is -2.12. The van der Waals surface area contributed by atoms with Crippen LogP contribution in [-0.4, -0.2) is 30.9 Å². The van der Waals surface area contributed by atoms with Crippen LogP contribution < -0.4 is 0 Å². The largest absolute Gasteiger partial charge is 0.290 e. The number of likely N-dealkylation sites (N-methyl/N-ethyl adjacent to an activating group) is 1. The second kappa shape index (κ2) is 7.01. The summed E-state index contributed by atoms with van der Waals surface area (Å²) in [5.74, 6) is -0.142. The molecule has 3 rings (SSSR count). The molecule has 0 spiro atoms. The van der Waals surface area contributed by atoms with Gasteiger partial charge in [-0.1, -0.05) is 59.8 Å². The van der Waals surface area contributed by atoms with Crippen LogP contribution in [-0.2, 0) is 14.8 Å². The summed E-state index contributed by atoms with van der Waals surface area (Å²) in [5, 5.41) is -0.241. The van der Waals surface area contributed by atoms with Crippen molar-refractivity contribution in [2.75, 3.05) is 6.54 Å². The third-order valence-electron chi connectivity index (χ3n) is 3.88. The Morgan fingerprint density at radius 2 is 1.72 bits per heavy atom. The number of sulfonamides is 1. The van der Waals surface area contributed by atoms with Crippen LogP contribution in [0.3, 0.4) is 0 Å². The first-order chi connectivity index (χ1) is 11.9. The highest BCUT2D eigenvalue weighted by atomic mass is 32.2. The highest BCUT2D eigenvalue weighted by Crippen LogP contribution is 2.39. The molecule has 2 aromatic carbocycles. The molecule has 1 fully saturated rings. The summed E-state index contributed by atoms with van der Waals surface area (Å²) in [5.41, 5.74) is 1.81. The fourth-order valence-electron chi connectivity index (χ4n) is 2.52. The number of carbonyl (C=O) groups excluding carboxylic acids is 1. The maximum Gasteiger partial charge on any atom is 0.284 e. The SMILES string of the molecule is CCN1C(=O)[C@@H](c2ccccc2)SC1=NS(=O)(=O)c1ccc(C)cc1. The van der Waals surface area contributed by atoms with E-state index in [2.05, 4.69) is 4.40 Å². The molecule has 2 aromatic rings. The van der Waals surface area contributed by atoms with Gasteiger partial charge in [0.05, 0.1) is 4.90 Å². The molecule has 1 heterocycles. The quantitative estimate of drug-likeness (QED) is 0.823. The van der Waals surface area contributed by atoms with Crippen LogP contribution in [0.1, 0.15) is 23.3 Å². The van der Waals surface area contributed by atoms with Crippen LogP contribution in [0.25, 0.3) is 0 Å². The Bertz CT molecular complexity index is 907. The van der Waals surface area contributed by atoms with E-state index in [1.54, 1.807) is 19.1 Å². The molecule has 0 radical (unpaired) electrons. The topological polar surface area (TPSA) is 66.8 Å². The third-order valence-corrected chi connectivity index (χ3v) is 6.51. The number of carbonyl (C=O) groups is 1. The average Bonchev–Trinajstić information content (AvgIpc) is 2.91. The second-order valence-electron chi connectivity index (χ2n) is 5.65. The monoisotopic (exact) mass is 374 g/mol. The van der Waals surface area contributed by atoms with Crippen molar-refractivity contribution >= 4 is 32.9 Å². The number of aryl methyl sites for hydroxylation is 1. The predicted molar refractivity (Wildman–Crippen MR) is 100.0 cm³/mol. The third kappa shape index (κ3) is 3.62. The van der Waals surface area contributed by atoms with E-state index in [9.17, 15) is 13.2 Å². The lowest BCUT2D eigenvalue weighted by atomic mass is 10.1. The van der Waals surface area contributed by atoms with Gasteiger partial charge in [-0.25, -0.2) is 0 Å². The van der Waals surface area contributed by atoms with Gasteiger partial charge in [0.25, 0.3) is 10.0 Å². The number of benzene rings is 2. The van der Waals surface area contributed by atoms with Crippen molar-refractivity contribution in [3.8, 4) is 0 Å². The molecule has 5 nitrogen and oxygen atoms in total. The number of amidine groups is 1. The molecular formula is C18H18N2O3S2. The van der Waals surface area contributed by atoms with Crippen molar-refractivity contribution in [2.24, 2.45) is 4.40 Å². The minimum atomic E-state index is -3.86. The van der Waals surface area contributed by atoms with E-state index in [0.29, 0.717) is 6.54 Å². The van der Waals surface area contributed by atoms with Gasteiger partial charge < -0.3 is 0 Å². The minimum Gasteiger partial charge on any atom is -0.290 e. The highest BCUT2D eigenvalue weighted by molar-refractivity contribution is 8.15. The van der Waals surface area contributed by atoms with E-state index in [1.165, 1.54) is 28.8 Å². The molecule has 1 aliphatic rings. The zero-order valence-electron chi connectivity index (χ0n) is 13.9. The van der Waals surface area contributed by atoms with Crippen LogP contribution in [0.4, 0.5) is 0 Å². The maximum atomic E-state index is 12.6. The number of nitrogens with zero attached hydrogens (tertiary/aromatic N) is 2. The van der Waals surface area contributed by atoms with E-state index in [-0.39, 0.29) is 16.0 Å². The van der Waals surface area contributed by atoms with Gasteiger partial charge in [0.2, 0.25) is 5.91 Å². The van der Waals surface area contributed by atoms with Crippen molar-refractivity contribution in [2.45, 2.75) is 24.0 Å². The fourth-order valence-corrected chi connectivity index (χ4v) is 4.96. The molecule has 0 unspecified atom stereocenters. The Morgan fingerprint density at radius 3 is 2.32 bits per heavy atom. The molecule has 0 aromatic heterocycles. The van der Waals surface area contributed by atoms with E-state index in [4.69, 9.17) is 0 Å². The molecule has 1 atom stereocenters. The lowest BCUT2D eigenvalue weighted by Gasteiger charge is -2.13. The lowest BCUT2D eigenvalue weighted by Crippen LogP contribution is -2.30. The molecule has 1 amide bonds. The van der Waals surface area contributed by atoms with E-state index < -0.39 is 15.3 Å². The molecule has 1 saturated heterocycles. The molecule has 1 aliphatic heterocycles. The van der Waals surface area contributed by atoms with Crippen molar-refractivity contribution in [1.82, 2.24) is 4.90 Å². The van der Waals surface area contributed by atoms with Gasteiger partial charge in [0, 0.05) is 6.54 Å². The van der Waals surface area contributed by atoms with E-state index >= 15 is 0 Å². The fraction of sp³-hybridized carbons (Fsp3) is 0.222. The molecule has 130 valence electrons. The smallest absolute Gasteiger partial charge is 0.284 e. The molecule has 0 aliphatic carbocycles. The van der Waals surface area contributed by atoms with Crippen LogP contribution in [0.2, 0.25) is 0 Å². The number of amides is 1. The first-order valence-electron chi connectivity index (χ1n) is 7.87. The average molecular weight is 374 g/mol. The molecular weight excluding hydrogens is 356 g/mol. The molecule has 0 bridgehead atoms. The first kappa shape index (κ1) is 17.7. The summed E-state index contributed by atoms with van der Waals surface area (Å²) < 4.78 is 29.1.